The highest BCUT2D eigenvalue weighted by atomic mass is 19.1. The van der Waals surface area contributed by atoms with Crippen molar-refractivity contribution in [1.29, 1.82) is 0 Å². The molecule has 2 aromatic rings. The number of aryl methyl sites for hydroxylation is 1. The third-order valence-corrected chi connectivity index (χ3v) is 4.14. The van der Waals surface area contributed by atoms with Gasteiger partial charge in [0.15, 0.2) is 0 Å². The molecule has 144 valence electrons. The summed E-state index contributed by atoms with van der Waals surface area (Å²) in [6, 6.07) is 15.6. The van der Waals surface area contributed by atoms with E-state index in [9.17, 15) is 14.0 Å². The summed E-state index contributed by atoms with van der Waals surface area (Å²) in [5.74, 6) is -1.13. The first-order valence-electron chi connectivity index (χ1n) is 9.21. The van der Waals surface area contributed by atoms with Gasteiger partial charge in [0.25, 0.3) is 5.91 Å². The summed E-state index contributed by atoms with van der Waals surface area (Å²) in [6.45, 7) is 5.46. The molecule has 0 unspecified atom stereocenters. The zero-order chi connectivity index (χ0) is 19.9. The number of nitrogens with zero attached hydrogens (tertiary/aromatic N) is 1. The summed E-state index contributed by atoms with van der Waals surface area (Å²) >= 11 is 0. The summed E-state index contributed by atoms with van der Waals surface area (Å²) in [5, 5.41) is 1.28. The molecular formula is C22H27FN2O2. The third kappa shape index (κ3) is 6.51. The van der Waals surface area contributed by atoms with Gasteiger partial charge >= 0.3 is 0 Å². The Bertz CT molecular complexity index is 769. The van der Waals surface area contributed by atoms with Gasteiger partial charge < -0.3 is 0 Å². The van der Waals surface area contributed by atoms with Gasteiger partial charge in [-0.25, -0.2) is 9.40 Å². The van der Waals surface area contributed by atoms with Crippen LogP contribution in [0.3, 0.4) is 0 Å². The molecule has 0 saturated heterocycles. The topological polar surface area (TPSA) is 49.4 Å². The van der Waals surface area contributed by atoms with E-state index in [1.54, 1.807) is 0 Å². The van der Waals surface area contributed by atoms with Crippen LogP contribution >= 0.6 is 0 Å². The molecule has 0 aliphatic carbocycles. The normalized spacial score (nSPS) is 11.1. The lowest BCUT2D eigenvalue weighted by molar-refractivity contribution is -0.127. The summed E-state index contributed by atoms with van der Waals surface area (Å²) < 4.78 is 13.4. The zero-order valence-electron chi connectivity index (χ0n) is 16.2. The van der Waals surface area contributed by atoms with Gasteiger partial charge in [-0.2, -0.15) is 0 Å². The molecule has 2 amide bonds. The molecule has 4 nitrogen and oxygen atoms in total. The van der Waals surface area contributed by atoms with Gasteiger partial charge in [-0.1, -0.05) is 36.4 Å². The van der Waals surface area contributed by atoms with E-state index in [0.29, 0.717) is 6.42 Å². The molecule has 0 spiro atoms. The number of rotatable bonds is 6. The molecule has 2 rings (SSSR count). The second-order valence-electron chi connectivity index (χ2n) is 7.55. The Hall–Kier alpha value is -2.69. The van der Waals surface area contributed by atoms with Crippen LogP contribution in [0, 0.1) is 5.82 Å². The van der Waals surface area contributed by atoms with Crippen LogP contribution in [-0.4, -0.2) is 22.4 Å². The minimum atomic E-state index is -0.636. The van der Waals surface area contributed by atoms with Crippen molar-refractivity contribution in [3.63, 3.8) is 0 Å². The first-order chi connectivity index (χ1) is 12.8. The molecule has 1 N–H and O–H groups in total. The quantitative estimate of drug-likeness (QED) is 0.601. The Labute approximate surface area is 160 Å². The maximum atomic E-state index is 13.4. The molecule has 0 bridgehead atoms. The Morgan fingerprint density at radius 3 is 2.33 bits per heavy atom. The van der Waals surface area contributed by atoms with Crippen molar-refractivity contribution in [2.75, 3.05) is 0 Å². The molecule has 0 atom stereocenters. The van der Waals surface area contributed by atoms with E-state index < -0.39 is 17.3 Å². The van der Waals surface area contributed by atoms with Crippen molar-refractivity contribution < 1.29 is 14.0 Å². The molecule has 2 aromatic carbocycles. The van der Waals surface area contributed by atoms with Crippen molar-refractivity contribution in [1.82, 2.24) is 10.4 Å². The molecule has 0 heterocycles. The van der Waals surface area contributed by atoms with E-state index in [0.717, 1.165) is 19.3 Å². The van der Waals surface area contributed by atoms with Gasteiger partial charge in [0.2, 0.25) is 5.91 Å². The number of hydrazine groups is 1. The number of carbonyl (C=O) groups is 2. The average molecular weight is 370 g/mol. The first kappa shape index (κ1) is 20.6. The summed E-state index contributed by atoms with van der Waals surface area (Å²) in [7, 11) is 0. The SMILES string of the molecule is CC(C)(C)N(NC(=O)CCCCc1ccccc1)C(=O)c1cccc(F)c1. The summed E-state index contributed by atoms with van der Waals surface area (Å²) in [6.07, 6.45) is 2.87. The Morgan fingerprint density at radius 2 is 1.70 bits per heavy atom. The number of nitrogens with one attached hydrogen (secondary N) is 1. The largest absolute Gasteiger partial charge is 0.273 e. The number of halogens is 1. The van der Waals surface area contributed by atoms with Crippen LogP contribution in [0.5, 0.6) is 0 Å². The third-order valence-electron chi connectivity index (χ3n) is 4.14. The molecule has 0 aliphatic heterocycles. The van der Waals surface area contributed by atoms with Crippen molar-refractivity contribution in [3.05, 3.63) is 71.5 Å². The number of amides is 2. The standard InChI is InChI=1S/C22H27FN2O2/c1-22(2,3)25(21(27)18-13-9-14-19(23)16-18)24-20(26)15-8-7-12-17-10-5-4-6-11-17/h4-6,9-11,13-14,16H,7-8,12,15H2,1-3H3,(H,24,26). The number of hydrogen-bond acceptors (Lipinski definition) is 2. The monoisotopic (exact) mass is 370 g/mol. The van der Waals surface area contributed by atoms with E-state index in [2.05, 4.69) is 17.6 Å². The number of carbonyl (C=O) groups excluding carboxylic acids is 2. The fraction of sp³-hybridized carbons (Fsp3) is 0.364. The van der Waals surface area contributed by atoms with Crippen LogP contribution in [0.1, 0.15) is 56.0 Å². The van der Waals surface area contributed by atoms with Gasteiger partial charge in [-0.05, 0) is 63.8 Å². The fourth-order valence-corrected chi connectivity index (χ4v) is 2.71. The molecule has 0 fully saturated rings. The molecule has 27 heavy (non-hydrogen) atoms. The first-order valence-corrected chi connectivity index (χ1v) is 9.21. The summed E-state index contributed by atoms with van der Waals surface area (Å²) in [5.41, 5.74) is 3.51. The molecule has 0 aliphatic rings. The van der Waals surface area contributed by atoms with Gasteiger partial charge in [0.05, 0.1) is 5.54 Å². The Kier molecular flexibility index (Phi) is 7.11. The van der Waals surface area contributed by atoms with E-state index >= 15 is 0 Å². The Morgan fingerprint density at radius 1 is 1.00 bits per heavy atom. The van der Waals surface area contributed by atoms with Crippen molar-refractivity contribution in [3.8, 4) is 0 Å². The molecule has 0 aromatic heterocycles. The molecule has 0 radical (unpaired) electrons. The number of unbranched alkanes of at least 4 members (excludes halogenated alkanes) is 1. The van der Waals surface area contributed by atoms with E-state index in [-0.39, 0.29) is 11.5 Å². The van der Waals surface area contributed by atoms with Gasteiger partial charge in [-0.3, -0.25) is 15.0 Å². The van der Waals surface area contributed by atoms with Crippen LogP contribution in [0.2, 0.25) is 0 Å². The molecule has 0 saturated carbocycles. The predicted octanol–water partition coefficient (Wildman–Crippen LogP) is 4.51. The summed E-state index contributed by atoms with van der Waals surface area (Å²) in [4.78, 5) is 25.1. The van der Waals surface area contributed by atoms with Crippen LogP contribution in [-0.2, 0) is 11.2 Å². The van der Waals surface area contributed by atoms with E-state index in [4.69, 9.17) is 0 Å². The highest BCUT2D eigenvalue weighted by molar-refractivity contribution is 5.95. The zero-order valence-corrected chi connectivity index (χ0v) is 16.2. The van der Waals surface area contributed by atoms with Crippen molar-refractivity contribution in [2.45, 2.75) is 52.0 Å². The van der Waals surface area contributed by atoms with Gasteiger partial charge in [-0.15, -0.1) is 0 Å². The van der Waals surface area contributed by atoms with E-state index in [1.807, 2.05) is 39.0 Å². The van der Waals surface area contributed by atoms with Gasteiger partial charge in [0.1, 0.15) is 5.82 Å². The van der Waals surface area contributed by atoms with Crippen LogP contribution in [0.15, 0.2) is 54.6 Å². The highest BCUT2D eigenvalue weighted by Crippen LogP contribution is 2.16. The molecular weight excluding hydrogens is 343 g/mol. The smallest absolute Gasteiger partial charge is 0.272 e. The van der Waals surface area contributed by atoms with E-state index in [1.165, 1.54) is 34.8 Å². The fourth-order valence-electron chi connectivity index (χ4n) is 2.71. The van der Waals surface area contributed by atoms with Crippen LogP contribution < -0.4 is 5.43 Å². The number of hydrogen-bond donors (Lipinski definition) is 1. The molecule has 5 heteroatoms. The Balaban J connectivity index is 1.91. The second-order valence-corrected chi connectivity index (χ2v) is 7.55. The lowest BCUT2D eigenvalue weighted by Crippen LogP contribution is -2.55. The minimum Gasteiger partial charge on any atom is -0.273 e. The van der Waals surface area contributed by atoms with Crippen molar-refractivity contribution >= 4 is 11.8 Å². The second kappa shape index (κ2) is 9.31. The van der Waals surface area contributed by atoms with Crippen LogP contribution in [0.25, 0.3) is 0 Å². The highest BCUT2D eigenvalue weighted by Gasteiger charge is 2.29. The lowest BCUT2D eigenvalue weighted by Gasteiger charge is -2.35. The van der Waals surface area contributed by atoms with Gasteiger partial charge in [0, 0.05) is 12.0 Å². The average Bonchev–Trinajstić information content (AvgIpc) is 2.63. The lowest BCUT2D eigenvalue weighted by atomic mass is 10.1. The maximum absolute atomic E-state index is 13.4. The minimum absolute atomic E-state index is 0.203. The van der Waals surface area contributed by atoms with Crippen LogP contribution in [0.4, 0.5) is 4.39 Å². The number of benzene rings is 2. The van der Waals surface area contributed by atoms with Crippen molar-refractivity contribution in [2.24, 2.45) is 0 Å². The maximum Gasteiger partial charge on any atom is 0.272 e. The predicted molar refractivity (Wildman–Crippen MR) is 104 cm³/mol.